The molecule has 0 aromatic heterocycles. The largest absolute Gasteiger partial charge is 0.478 e. The SMILES string of the molecule is O=C(O)c1ccc(N2CCN(Cc3ccc(C(F)(F)F)cc3)CC23COC3)cc1. The Morgan fingerprint density at radius 2 is 1.69 bits per heavy atom. The second-order valence-electron chi connectivity index (χ2n) is 7.63. The number of anilines is 1. The zero-order valence-corrected chi connectivity index (χ0v) is 15.7. The third kappa shape index (κ3) is 3.95. The van der Waals surface area contributed by atoms with Crippen LogP contribution in [0.15, 0.2) is 48.5 Å². The molecular formula is C21H21F3N2O3. The first kappa shape index (κ1) is 19.7. The van der Waals surface area contributed by atoms with Gasteiger partial charge >= 0.3 is 12.1 Å². The molecule has 2 aromatic rings. The number of alkyl halides is 3. The molecule has 2 aliphatic heterocycles. The molecule has 1 N–H and O–H groups in total. The highest BCUT2D eigenvalue weighted by atomic mass is 19.4. The molecule has 2 aliphatic rings. The summed E-state index contributed by atoms with van der Waals surface area (Å²) >= 11 is 0. The van der Waals surface area contributed by atoms with E-state index in [1.807, 2.05) is 12.1 Å². The van der Waals surface area contributed by atoms with E-state index in [9.17, 15) is 18.0 Å². The van der Waals surface area contributed by atoms with Crippen molar-refractivity contribution in [3.8, 4) is 0 Å². The van der Waals surface area contributed by atoms with Gasteiger partial charge in [-0.1, -0.05) is 12.1 Å². The van der Waals surface area contributed by atoms with Crippen LogP contribution in [-0.4, -0.2) is 54.4 Å². The third-order valence-electron chi connectivity index (χ3n) is 5.59. The minimum atomic E-state index is -4.33. The van der Waals surface area contributed by atoms with Crippen molar-refractivity contribution in [1.29, 1.82) is 0 Å². The second kappa shape index (κ2) is 7.35. The molecule has 5 nitrogen and oxygen atoms in total. The number of hydrogen-bond acceptors (Lipinski definition) is 4. The molecule has 2 saturated heterocycles. The normalized spacial score (nSPS) is 19.2. The molecule has 0 bridgehead atoms. The minimum Gasteiger partial charge on any atom is -0.478 e. The summed E-state index contributed by atoms with van der Waals surface area (Å²) < 4.78 is 43.7. The minimum absolute atomic E-state index is 0.200. The van der Waals surface area contributed by atoms with Gasteiger partial charge in [0.2, 0.25) is 0 Å². The standard InChI is InChI=1S/C21H21F3N2O3/c22-21(23,24)17-5-1-15(2-6-17)11-25-9-10-26(20(12-25)13-29-14-20)18-7-3-16(4-8-18)19(27)28/h1-8H,9-14H2,(H,27,28). The Morgan fingerprint density at radius 3 is 2.21 bits per heavy atom. The predicted molar refractivity (Wildman–Crippen MR) is 101 cm³/mol. The van der Waals surface area contributed by atoms with Crippen molar-refractivity contribution in [2.24, 2.45) is 0 Å². The average molecular weight is 406 g/mol. The van der Waals surface area contributed by atoms with Crippen LogP contribution in [0, 0.1) is 0 Å². The van der Waals surface area contributed by atoms with Gasteiger partial charge in [-0.15, -0.1) is 0 Å². The number of aromatic carboxylic acids is 1. The van der Waals surface area contributed by atoms with Gasteiger partial charge in [0, 0.05) is 31.9 Å². The van der Waals surface area contributed by atoms with E-state index in [1.165, 1.54) is 12.1 Å². The molecule has 1 spiro atoms. The van der Waals surface area contributed by atoms with E-state index < -0.39 is 17.7 Å². The van der Waals surface area contributed by atoms with Crippen molar-refractivity contribution in [2.45, 2.75) is 18.3 Å². The highest BCUT2D eigenvalue weighted by Crippen LogP contribution is 2.35. The van der Waals surface area contributed by atoms with Crippen molar-refractivity contribution < 1.29 is 27.8 Å². The lowest BCUT2D eigenvalue weighted by atomic mass is 9.90. The van der Waals surface area contributed by atoms with Crippen molar-refractivity contribution in [2.75, 3.05) is 37.7 Å². The summed E-state index contributed by atoms with van der Waals surface area (Å²) in [4.78, 5) is 15.6. The van der Waals surface area contributed by atoms with Gasteiger partial charge in [-0.2, -0.15) is 13.2 Å². The average Bonchev–Trinajstić information content (AvgIpc) is 2.66. The van der Waals surface area contributed by atoms with Crippen molar-refractivity contribution in [3.05, 3.63) is 65.2 Å². The highest BCUT2D eigenvalue weighted by Gasteiger charge is 2.48. The number of hydrogen-bond donors (Lipinski definition) is 1. The van der Waals surface area contributed by atoms with E-state index >= 15 is 0 Å². The van der Waals surface area contributed by atoms with Gasteiger partial charge in [0.25, 0.3) is 0 Å². The summed E-state index contributed by atoms with van der Waals surface area (Å²) in [6.45, 7) is 3.93. The molecule has 2 heterocycles. The summed E-state index contributed by atoms with van der Waals surface area (Å²) in [6.07, 6.45) is -4.33. The first-order valence-corrected chi connectivity index (χ1v) is 9.34. The lowest BCUT2D eigenvalue weighted by Crippen LogP contribution is -2.71. The molecule has 154 valence electrons. The van der Waals surface area contributed by atoms with Crippen LogP contribution in [0.3, 0.4) is 0 Å². The molecule has 4 rings (SSSR count). The van der Waals surface area contributed by atoms with Crippen molar-refractivity contribution >= 4 is 11.7 Å². The molecule has 29 heavy (non-hydrogen) atoms. The molecule has 8 heteroatoms. The Kier molecular flexibility index (Phi) is 5.00. The summed E-state index contributed by atoms with van der Waals surface area (Å²) in [5.74, 6) is -0.959. The number of carboxylic acids is 1. The maximum atomic E-state index is 12.7. The molecular weight excluding hydrogens is 385 g/mol. The third-order valence-corrected chi connectivity index (χ3v) is 5.59. The smallest absolute Gasteiger partial charge is 0.416 e. The fourth-order valence-corrected chi connectivity index (χ4v) is 4.02. The molecule has 0 saturated carbocycles. The maximum Gasteiger partial charge on any atom is 0.416 e. The van der Waals surface area contributed by atoms with E-state index in [0.29, 0.717) is 19.8 Å². The molecule has 0 aliphatic carbocycles. The fraction of sp³-hybridized carbons (Fsp3) is 0.381. The molecule has 0 amide bonds. The predicted octanol–water partition coefficient (Wildman–Crippen LogP) is 3.49. The number of carboxylic acid groups (broad SMARTS) is 1. The van der Waals surface area contributed by atoms with Gasteiger partial charge in [0.05, 0.1) is 29.9 Å². The number of carbonyl (C=O) groups is 1. The highest BCUT2D eigenvalue weighted by molar-refractivity contribution is 5.88. The van der Waals surface area contributed by atoms with Gasteiger partial charge < -0.3 is 14.7 Å². The zero-order chi connectivity index (χ0) is 20.6. The number of rotatable bonds is 4. The van der Waals surface area contributed by atoms with Crippen LogP contribution in [0.25, 0.3) is 0 Å². The second-order valence-corrected chi connectivity index (χ2v) is 7.63. The molecule has 0 atom stereocenters. The molecule has 0 unspecified atom stereocenters. The van der Waals surface area contributed by atoms with Crippen LogP contribution in [0.5, 0.6) is 0 Å². The molecule has 0 radical (unpaired) electrons. The van der Waals surface area contributed by atoms with Crippen LogP contribution >= 0.6 is 0 Å². The quantitative estimate of drug-likeness (QED) is 0.843. The topological polar surface area (TPSA) is 53.0 Å². The first-order chi connectivity index (χ1) is 13.8. The Hall–Kier alpha value is -2.58. The number of ether oxygens (including phenoxy) is 1. The number of benzene rings is 2. The van der Waals surface area contributed by atoms with Crippen molar-refractivity contribution in [1.82, 2.24) is 4.90 Å². The van der Waals surface area contributed by atoms with E-state index in [2.05, 4.69) is 9.80 Å². The lowest BCUT2D eigenvalue weighted by molar-refractivity contribution is -0.137. The van der Waals surface area contributed by atoms with E-state index in [-0.39, 0.29) is 11.1 Å². The summed E-state index contributed by atoms with van der Waals surface area (Å²) in [5.41, 5.74) is 1.20. The van der Waals surface area contributed by atoms with Crippen LogP contribution in [0.2, 0.25) is 0 Å². The number of piperazine rings is 1. The van der Waals surface area contributed by atoms with Crippen LogP contribution in [0.4, 0.5) is 18.9 Å². The zero-order valence-electron chi connectivity index (χ0n) is 15.7. The maximum absolute atomic E-state index is 12.7. The Bertz CT molecular complexity index is 878. The molecule has 2 aromatic carbocycles. The van der Waals surface area contributed by atoms with Gasteiger partial charge in [-0.05, 0) is 42.0 Å². The van der Waals surface area contributed by atoms with Crippen LogP contribution < -0.4 is 4.90 Å². The summed E-state index contributed by atoms with van der Waals surface area (Å²) in [7, 11) is 0. The fourth-order valence-electron chi connectivity index (χ4n) is 4.02. The first-order valence-electron chi connectivity index (χ1n) is 9.34. The lowest BCUT2D eigenvalue weighted by Gasteiger charge is -2.56. The monoisotopic (exact) mass is 406 g/mol. The Morgan fingerprint density at radius 1 is 1.03 bits per heavy atom. The Labute approximate surface area is 166 Å². The van der Waals surface area contributed by atoms with E-state index in [1.54, 1.807) is 12.1 Å². The molecule has 2 fully saturated rings. The van der Waals surface area contributed by atoms with E-state index in [0.717, 1.165) is 43.0 Å². The van der Waals surface area contributed by atoms with E-state index in [4.69, 9.17) is 9.84 Å². The Balaban J connectivity index is 1.46. The van der Waals surface area contributed by atoms with Gasteiger partial charge in [0.1, 0.15) is 0 Å². The summed E-state index contributed by atoms with van der Waals surface area (Å²) in [6, 6.07) is 12.1. The summed E-state index contributed by atoms with van der Waals surface area (Å²) in [5, 5.41) is 9.08. The van der Waals surface area contributed by atoms with Gasteiger partial charge in [-0.25, -0.2) is 4.79 Å². The number of halogens is 3. The van der Waals surface area contributed by atoms with Crippen molar-refractivity contribution in [3.63, 3.8) is 0 Å². The van der Waals surface area contributed by atoms with Gasteiger partial charge in [0.15, 0.2) is 0 Å². The van der Waals surface area contributed by atoms with Crippen LogP contribution in [0.1, 0.15) is 21.5 Å². The number of nitrogens with zero attached hydrogens (tertiary/aromatic N) is 2. The van der Waals surface area contributed by atoms with Gasteiger partial charge in [-0.3, -0.25) is 4.90 Å². The van der Waals surface area contributed by atoms with Crippen LogP contribution in [-0.2, 0) is 17.5 Å².